The standard InChI is InChI=1S/C20H18ClN9O2S/c21-15-7-13(2-1-12(15)8-22)28-19(32)29-20-24-9-14(33-20)3-4-23-18-17-16(25-11-26-18)10-27-30(17)5-6-31/h1-2,7,9-11,31H,3-6H2,(H,23,25,26)(H2,24,28,29,32). The monoisotopic (exact) mass is 483 g/mol. The molecule has 33 heavy (non-hydrogen) atoms. The maximum atomic E-state index is 12.2. The first kappa shape index (κ1) is 22.4. The molecule has 11 nitrogen and oxygen atoms in total. The molecular formula is C20H18ClN9O2S. The Morgan fingerprint density at radius 2 is 2.12 bits per heavy atom. The van der Waals surface area contributed by atoms with Crippen molar-refractivity contribution in [2.75, 3.05) is 29.1 Å². The van der Waals surface area contributed by atoms with Crippen LogP contribution in [0.3, 0.4) is 0 Å². The minimum absolute atomic E-state index is 0.0342. The lowest BCUT2D eigenvalue weighted by molar-refractivity contribution is 0.262. The van der Waals surface area contributed by atoms with Gasteiger partial charge in [-0.25, -0.2) is 19.7 Å². The van der Waals surface area contributed by atoms with Gasteiger partial charge in [0, 0.05) is 29.7 Å². The number of hydrogen-bond acceptors (Lipinski definition) is 9. The highest BCUT2D eigenvalue weighted by molar-refractivity contribution is 7.15. The van der Waals surface area contributed by atoms with E-state index in [1.54, 1.807) is 23.1 Å². The van der Waals surface area contributed by atoms with Gasteiger partial charge in [-0.1, -0.05) is 11.6 Å². The maximum absolute atomic E-state index is 12.2. The summed E-state index contributed by atoms with van der Waals surface area (Å²) in [7, 11) is 0. The van der Waals surface area contributed by atoms with Crippen LogP contribution in [0, 0.1) is 11.3 Å². The van der Waals surface area contributed by atoms with Gasteiger partial charge < -0.3 is 15.7 Å². The Morgan fingerprint density at radius 1 is 1.24 bits per heavy atom. The third-order valence-electron chi connectivity index (χ3n) is 4.53. The number of hydrogen-bond donors (Lipinski definition) is 4. The van der Waals surface area contributed by atoms with Crippen LogP contribution in [0.2, 0.25) is 5.02 Å². The predicted octanol–water partition coefficient (Wildman–Crippen LogP) is 3.10. The fourth-order valence-corrected chi connectivity index (χ4v) is 4.07. The molecule has 4 N–H and O–H groups in total. The molecule has 1 aromatic carbocycles. The van der Waals surface area contributed by atoms with E-state index in [-0.39, 0.29) is 11.6 Å². The van der Waals surface area contributed by atoms with Crippen LogP contribution in [-0.4, -0.2) is 49.0 Å². The second-order valence-corrected chi connectivity index (χ2v) is 8.26. The molecule has 0 radical (unpaired) electrons. The van der Waals surface area contributed by atoms with Crippen molar-refractivity contribution in [3.05, 3.63) is 52.4 Å². The summed E-state index contributed by atoms with van der Waals surface area (Å²) in [5.74, 6) is 0.634. The van der Waals surface area contributed by atoms with Crippen molar-refractivity contribution in [3.63, 3.8) is 0 Å². The van der Waals surface area contributed by atoms with Gasteiger partial charge in [0.25, 0.3) is 0 Å². The molecule has 4 rings (SSSR count). The summed E-state index contributed by atoms with van der Waals surface area (Å²) in [6, 6.07) is 6.15. The number of nitriles is 1. The van der Waals surface area contributed by atoms with E-state index in [0.29, 0.717) is 47.2 Å². The highest BCUT2D eigenvalue weighted by atomic mass is 35.5. The molecule has 0 aliphatic carbocycles. The number of thiazole rings is 1. The quantitative estimate of drug-likeness (QED) is 0.298. The zero-order valence-corrected chi connectivity index (χ0v) is 18.7. The molecule has 0 saturated heterocycles. The fourth-order valence-electron chi connectivity index (χ4n) is 3.05. The van der Waals surface area contributed by atoms with Crippen LogP contribution < -0.4 is 16.0 Å². The number of anilines is 3. The number of aromatic nitrogens is 5. The number of carbonyl (C=O) groups is 1. The van der Waals surface area contributed by atoms with Crippen molar-refractivity contribution < 1.29 is 9.90 Å². The second kappa shape index (κ2) is 10.2. The van der Waals surface area contributed by atoms with Crippen LogP contribution in [0.15, 0.2) is 36.9 Å². The van der Waals surface area contributed by atoms with Gasteiger partial charge in [0.05, 0.1) is 29.9 Å². The molecule has 0 saturated carbocycles. The first-order valence-electron chi connectivity index (χ1n) is 9.81. The molecular weight excluding hydrogens is 466 g/mol. The highest BCUT2D eigenvalue weighted by Gasteiger charge is 2.11. The van der Waals surface area contributed by atoms with Gasteiger partial charge in [0.2, 0.25) is 0 Å². The summed E-state index contributed by atoms with van der Waals surface area (Å²) in [5, 5.41) is 31.7. The van der Waals surface area contributed by atoms with Crippen LogP contribution in [0.1, 0.15) is 10.4 Å². The Hall–Kier alpha value is -3.79. The molecule has 0 bridgehead atoms. The van der Waals surface area contributed by atoms with E-state index in [4.69, 9.17) is 16.9 Å². The van der Waals surface area contributed by atoms with E-state index in [1.165, 1.54) is 29.8 Å². The van der Waals surface area contributed by atoms with Gasteiger partial charge in [-0.2, -0.15) is 10.4 Å². The van der Waals surface area contributed by atoms with E-state index >= 15 is 0 Å². The number of aliphatic hydroxyl groups is 1. The molecule has 0 aliphatic rings. The third kappa shape index (κ3) is 5.35. The Morgan fingerprint density at radius 3 is 2.91 bits per heavy atom. The van der Waals surface area contributed by atoms with Gasteiger partial charge in [0.15, 0.2) is 10.9 Å². The lowest BCUT2D eigenvalue weighted by Crippen LogP contribution is -2.19. The van der Waals surface area contributed by atoms with E-state index in [1.807, 2.05) is 6.07 Å². The van der Waals surface area contributed by atoms with Crippen molar-refractivity contribution in [2.45, 2.75) is 13.0 Å². The van der Waals surface area contributed by atoms with Crippen LogP contribution in [0.4, 0.5) is 21.4 Å². The summed E-state index contributed by atoms with van der Waals surface area (Å²) in [6.07, 6.45) is 5.46. The summed E-state index contributed by atoms with van der Waals surface area (Å²) >= 11 is 7.34. The van der Waals surface area contributed by atoms with Gasteiger partial charge in [-0.05, 0) is 18.2 Å². The van der Waals surface area contributed by atoms with Crippen molar-refractivity contribution >= 4 is 56.6 Å². The lowest BCUT2D eigenvalue weighted by Gasteiger charge is -2.08. The van der Waals surface area contributed by atoms with Gasteiger partial charge in [0.1, 0.15) is 23.4 Å². The number of aliphatic hydroxyl groups excluding tert-OH is 1. The smallest absolute Gasteiger partial charge is 0.325 e. The van der Waals surface area contributed by atoms with Crippen molar-refractivity contribution in [1.82, 2.24) is 24.7 Å². The first-order valence-corrected chi connectivity index (χ1v) is 11.0. The van der Waals surface area contributed by atoms with Crippen molar-refractivity contribution in [2.24, 2.45) is 0 Å². The maximum Gasteiger partial charge on any atom is 0.325 e. The molecule has 2 amide bonds. The normalized spacial score (nSPS) is 10.7. The molecule has 0 fully saturated rings. The number of benzene rings is 1. The number of carbonyl (C=O) groups excluding carboxylic acids is 1. The fraction of sp³-hybridized carbons (Fsp3) is 0.200. The molecule has 3 heterocycles. The first-order chi connectivity index (χ1) is 16.1. The largest absolute Gasteiger partial charge is 0.394 e. The van der Waals surface area contributed by atoms with Crippen LogP contribution in [-0.2, 0) is 13.0 Å². The summed E-state index contributed by atoms with van der Waals surface area (Å²) in [4.78, 5) is 25.9. The summed E-state index contributed by atoms with van der Waals surface area (Å²) < 4.78 is 1.66. The molecule has 168 valence electrons. The Balaban J connectivity index is 1.32. The molecule has 3 aromatic heterocycles. The average molecular weight is 484 g/mol. The van der Waals surface area contributed by atoms with E-state index in [0.717, 1.165) is 10.4 Å². The lowest BCUT2D eigenvalue weighted by atomic mass is 10.2. The highest BCUT2D eigenvalue weighted by Crippen LogP contribution is 2.23. The van der Waals surface area contributed by atoms with Crippen LogP contribution in [0.25, 0.3) is 11.0 Å². The van der Waals surface area contributed by atoms with E-state index in [9.17, 15) is 9.90 Å². The Bertz CT molecular complexity index is 1330. The zero-order valence-electron chi connectivity index (χ0n) is 17.1. The number of rotatable bonds is 8. The number of urea groups is 1. The Labute approximate surface area is 197 Å². The van der Waals surface area contributed by atoms with E-state index < -0.39 is 6.03 Å². The molecule has 4 aromatic rings. The van der Waals surface area contributed by atoms with Gasteiger partial charge in [-0.3, -0.25) is 10.00 Å². The number of fused-ring (bicyclic) bond motifs is 1. The molecule has 0 spiro atoms. The van der Waals surface area contributed by atoms with E-state index in [2.05, 4.69) is 36.0 Å². The Kier molecular flexibility index (Phi) is 6.94. The van der Waals surface area contributed by atoms with Crippen LogP contribution in [0.5, 0.6) is 0 Å². The van der Waals surface area contributed by atoms with Crippen molar-refractivity contribution in [1.29, 1.82) is 5.26 Å². The van der Waals surface area contributed by atoms with Gasteiger partial charge >= 0.3 is 6.03 Å². The van der Waals surface area contributed by atoms with Crippen LogP contribution >= 0.6 is 22.9 Å². The number of halogens is 1. The second-order valence-electron chi connectivity index (χ2n) is 6.74. The SMILES string of the molecule is N#Cc1ccc(NC(=O)Nc2ncc(CCNc3ncnc4cnn(CCO)c34)s2)cc1Cl. The van der Waals surface area contributed by atoms with Gasteiger partial charge in [-0.15, -0.1) is 11.3 Å². The number of amides is 2. The zero-order chi connectivity index (χ0) is 23.2. The summed E-state index contributed by atoms with van der Waals surface area (Å²) in [6.45, 7) is 0.897. The molecule has 0 aliphatic heterocycles. The third-order valence-corrected chi connectivity index (χ3v) is 5.81. The number of nitrogens with zero attached hydrogens (tertiary/aromatic N) is 6. The van der Waals surface area contributed by atoms with Crippen molar-refractivity contribution in [3.8, 4) is 6.07 Å². The predicted molar refractivity (Wildman–Crippen MR) is 126 cm³/mol. The minimum Gasteiger partial charge on any atom is -0.394 e. The molecule has 0 atom stereocenters. The number of nitrogens with one attached hydrogen (secondary N) is 3. The minimum atomic E-state index is -0.463. The topological polar surface area (TPSA) is 154 Å². The average Bonchev–Trinajstić information content (AvgIpc) is 3.41. The summed E-state index contributed by atoms with van der Waals surface area (Å²) in [5.41, 5.74) is 2.23. The molecule has 0 unspecified atom stereocenters. The molecule has 13 heteroatoms.